The van der Waals surface area contributed by atoms with E-state index < -0.39 is 17.8 Å². The van der Waals surface area contributed by atoms with E-state index in [2.05, 4.69) is 10.1 Å². The van der Waals surface area contributed by atoms with Crippen molar-refractivity contribution in [3.05, 3.63) is 29.8 Å². The molecule has 112 valence electrons. The Morgan fingerprint density at radius 2 is 1.75 bits per heavy atom. The van der Waals surface area contributed by atoms with Crippen LogP contribution in [0, 0.1) is 0 Å². The molecule has 1 N–H and O–H groups in total. The first kappa shape index (κ1) is 16.6. The van der Waals surface area contributed by atoms with Gasteiger partial charge in [0.2, 0.25) is 0 Å². The van der Waals surface area contributed by atoms with E-state index in [0.717, 1.165) is 12.1 Å². The van der Waals surface area contributed by atoms with E-state index >= 15 is 0 Å². The third-order valence-electron chi connectivity index (χ3n) is 2.78. The van der Waals surface area contributed by atoms with Crippen LogP contribution >= 0.6 is 11.6 Å². The van der Waals surface area contributed by atoms with E-state index in [1.165, 1.54) is 12.1 Å². The standard InChI is InChI=1S/C13H15ClF3NO2/c1-8(14)12(2,3)18-11(19)9-4-6-10(7-5-9)20-13(15,16)17/h4-8H,1-3H3,(H,18,19). The zero-order valence-corrected chi connectivity index (χ0v) is 12.0. The maximum atomic E-state index is 12.0. The van der Waals surface area contributed by atoms with Crippen LogP contribution in [0.2, 0.25) is 0 Å². The molecule has 7 heteroatoms. The summed E-state index contributed by atoms with van der Waals surface area (Å²) in [6.45, 7) is 5.25. The van der Waals surface area contributed by atoms with Crippen molar-refractivity contribution in [2.45, 2.75) is 38.0 Å². The van der Waals surface area contributed by atoms with Crippen molar-refractivity contribution in [1.82, 2.24) is 5.32 Å². The number of rotatable bonds is 4. The highest BCUT2D eigenvalue weighted by molar-refractivity contribution is 6.21. The van der Waals surface area contributed by atoms with Gasteiger partial charge in [0.25, 0.3) is 5.91 Å². The number of nitrogens with one attached hydrogen (secondary N) is 1. The predicted octanol–water partition coefficient (Wildman–Crippen LogP) is 3.72. The van der Waals surface area contributed by atoms with Gasteiger partial charge >= 0.3 is 6.36 Å². The summed E-state index contributed by atoms with van der Waals surface area (Å²) in [5.74, 6) is -0.792. The van der Waals surface area contributed by atoms with Gasteiger partial charge in [0.15, 0.2) is 0 Å². The molecule has 1 atom stereocenters. The van der Waals surface area contributed by atoms with Crippen LogP contribution in [0.25, 0.3) is 0 Å². The van der Waals surface area contributed by atoms with Crippen molar-refractivity contribution < 1.29 is 22.7 Å². The summed E-state index contributed by atoms with van der Waals surface area (Å²) in [7, 11) is 0. The summed E-state index contributed by atoms with van der Waals surface area (Å²) in [6, 6.07) is 4.68. The van der Waals surface area contributed by atoms with E-state index in [4.69, 9.17) is 11.6 Å². The lowest BCUT2D eigenvalue weighted by atomic mass is 10.0. The quantitative estimate of drug-likeness (QED) is 0.861. The Hall–Kier alpha value is -1.43. The van der Waals surface area contributed by atoms with Gasteiger partial charge in [-0.1, -0.05) is 0 Å². The van der Waals surface area contributed by atoms with Crippen LogP contribution in [0.4, 0.5) is 13.2 Å². The Bertz CT molecular complexity index is 469. The van der Waals surface area contributed by atoms with Gasteiger partial charge < -0.3 is 10.1 Å². The molecule has 0 aliphatic rings. The fourth-order valence-electron chi connectivity index (χ4n) is 1.27. The first-order valence-electron chi connectivity index (χ1n) is 5.83. The van der Waals surface area contributed by atoms with E-state index in [0.29, 0.717) is 0 Å². The second kappa shape index (κ2) is 5.91. The van der Waals surface area contributed by atoms with Gasteiger partial charge in [-0.25, -0.2) is 0 Å². The molecule has 1 rings (SSSR count). The lowest BCUT2D eigenvalue weighted by molar-refractivity contribution is -0.274. The fourth-order valence-corrected chi connectivity index (χ4v) is 1.33. The minimum atomic E-state index is -4.75. The van der Waals surface area contributed by atoms with Crippen LogP contribution in [0.1, 0.15) is 31.1 Å². The average molecular weight is 310 g/mol. The van der Waals surface area contributed by atoms with Crippen LogP contribution in [-0.2, 0) is 0 Å². The van der Waals surface area contributed by atoms with Crippen molar-refractivity contribution in [1.29, 1.82) is 0 Å². The normalized spacial score (nSPS) is 13.8. The number of carbonyl (C=O) groups is 1. The molecule has 0 aliphatic carbocycles. The molecule has 0 bridgehead atoms. The van der Waals surface area contributed by atoms with Crippen LogP contribution in [-0.4, -0.2) is 23.2 Å². The zero-order valence-electron chi connectivity index (χ0n) is 11.2. The van der Waals surface area contributed by atoms with Gasteiger partial charge in [-0.2, -0.15) is 0 Å². The minimum absolute atomic E-state index is 0.227. The monoisotopic (exact) mass is 309 g/mol. The summed E-state index contributed by atoms with van der Waals surface area (Å²) in [4.78, 5) is 11.9. The van der Waals surface area contributed by atoms with Crippen molar-refractivity contribution in [2.24, 2.45) is 0 Å². The Morgan fingerprint density at radius 3 is 2.15 bits per heavy atom. The highest BCUT2D eigenvalue weighted by atomic mass is 35.5. The van der Waals surface area contributed by atoms with Gasteiger partial charge in [0.1, 0.15) is 5.75 Å². The molecule has 0 aromatic heterocycles. The molecule has 1 aromatic carbocycles. The van der Waals surface area contributed by atoms with Crippen LogP contribution in [0.5, 0.6) is 5.75 Å². The number of hydrogen-bond acceptors (Lipinski definition) is 2. The fraction of sp³-hybridized carbons (Fsp3) is 0.462. The molecule has 0 fully saturated rings. The molecule has 0 heterocycles. The van der Waals surface area contributed by atoms with Gasteiger partial charge in [-0.15, -0.1) is 24.8 Å². The molecule has 20 heavy (non-hydrogen) atoms. The minimum Gasteiger partial charge on any atom is -0.406 e. The summed E-state index contributed by atoms with van der Waals surface area (Å²) in [5, 5.41) is 2.40. The van der Waals surface area contributed by atoms with Crippen molar-refractivity contribution in [3.8, 4) is 5.75 Å². The topological polar surface area (TPSA) is 38.3 Å². The Morgan fingerprint density at radius 1 is 1.25 bits per heavy atom. The average Bonchev–Trinajstić information content (AvgIpc) is 2.26. The Labute approximate surface area is 120 Å². The van der Waals surface area contributed by atoms with Crippen LogP contribution in [0.3, 0.4) is 0 Å². The number of hydrogen-bond donors (Lipinski definition) is 1. The molecule has 0 aliphatic heterocycles. The smallest absolute Gasteiger partial charge is 0.406 e. The van der Waals surface area contributed by atoms with Gasteiger partial charge in [0.05, 0.1) is 10.9 Å². The number of amides is 1. The molecule has 1 aromatic rings. The number of carbonyl (C=O) groups excluding carboxylic acids is 1. The highest BCUT2D eigenvalue weighted by Gasteiger charge is 2.31. The summed E-state index contributed by atoms with van der Waals surface area (Å²) < 4.78 is 39.7. The summed E-state index contributed by atoms with van der Waals surface area (Å²) >= 11 is 5.94. The molecule has 1 amide bonds. The molecule has 1 unspecified atom stereocenters. The van der Waals surface area contributed by atoms with E-state index in [1.54, 1.807) is 20.8 Å². The first-order valence-corrected chi connectivity index (χ1v) is 6.27. The number of halogens is 4. The molecule has 0 spiro atoms. The zero-order chi connectivity index (χ0) is 15.6. The van der Waals surface area contributed by atoms with E-state index in [-0.39, 0.29) is 16.7 Å². The summed E-state index contributed by atoms with van der Waals surface area (Å²) in [5.41, 5.74) is -0.412. The van der Waals surface area contributed by atoms with Crippen molar-refractivity contribution in [3.63, 3.8) is 0 Å². The number of benzene rings is 1. The Kier molecular flexibility index (Phi) is 4.91. The third kappa shape index (κ3) is 4.92. The van der Waals surface area contributed by atoms with Gasteiger partial charge in [0, 0.05) is 5.56 Å². The van der Waals surface area contributed by atoms with Crippen molar-refractivity contribution in [2.75, 3.05) is 0 Å². The SMILES string of the molecule is CC(Cl)C(C)(C)NC(=O)c1ccc(OC(F)(F)F)cc1. The second-order valence-electron chi connectivity index (χ2n) is 4.86. The molecule has 0 saturated carbocycles. The molecule has 0 saturated heterocycles. The van der Waals surface area contributed by atoms with Gasteiger partial charge in [-0.3, -0.25) is 4.79 Å². The maximum Gasteiger partial charge on any atom is 0.573 e. The molecular weight excluding hydrogens is 295 g/mol. The number of ether oxygens (including phenoxy) is 1. The first-order chi connectivity index (χ1) is 9.01. The maximum absolute atomic E-state index is 12.0. The molecule has 3 nitrogen and oxygen atoms in total. The van der Waals surface area contributed by atoms with Crippen molar-refractivity contribution >= 4 is 17.5 Å². The van der Waals surface area contributed by atoms with E-state index in [9.17, 15) is 18.0 Å². The molecule has 0 radical (unpaired) electrons. The predicted molar refractivity (Wildman–Crippen MR) is 70.0 cm³/mol. The van der Waals surface area contributed by atoms with Gasteiger partial charge in [-0.05, 0) is 45.0 Å². The lowest BCUT2D eigenvalue weighted by Gasteiger charge is -2.29. The largest absolute Gasteiger partial charge is 0.573 e. The van der Waals surface area contributed by atoms with E-state index in [1.807, 2.05) is 0 Å². The second-order valence-corrected chi connectivity index (χ2v) is 5.52. The Balaban J connectivity index is 2.76. The third-order valence-corrected chi connectivity index (χ3v) is 3.33. The summed E-state index contributed by atoms with van der Waals surface area (Å²) in [6.07, 6.45) is -4.75. The number of alkyl halides is 4. The van der Waals surface area contributed by atoms with Crippen LogP contribution in [0.15, 0.2) is 24.3 Å². The van der Waals surface area contributed by atoms with Crippen LogP contribution < -0.4 is 10.1 Å². The molecular formula is C13H15ClF3NO2. The lowest BCUT2D eigenvalue weighted by Crippen LogP contribution is -2.49. The highest BCUT2D eigenvalue weighted by Crippen LogP contribution is 2.23.